The number of amides is 5. The number of ketones is 2. The van der Waals surface area contributed by atoms with Crippen LogP contribution in [-0.4, -0.2) is 70.4 Å². The number of carboxylic acid groups (broad SMARTS) is 1. The molecule has 0 aromatic carbocycles. The second kappa shape index (κ2) is 14.9. The summed E-state index contributed by atoms with van der Waals surface area (Å²) >= 11 is 0. The lowest BCUT2D eigenvalue weighted by molar-refractivity contribution is -0.141. The average Bonchev–Trinajstić information content (AvgIpc) is 3.10. The van der Waals surface area contributed by atoms with Gasteiger partial charge in [-0.2, -0.15) is 0 Å². The van der Waals surface area contributed by atoms with Crippen LogP contribution < -0.4 is 16.4 Å². The third-order valence-corrected chi connectivity index (χ3v) is 5.87. The van der Waals surface area contributed by atoms with Crippen molar-refractivity contribution in [3.63, 3.8) is 0 Å². The number of hydrogen-bond acceptors (Lipinski definition) is 7. The van der Waals surface area contributed by atoms with Gasteiger partial charge >= 0.3 is 12.0 Å². The molecule has 0 fully saturated rings. The summed E-state index contributed by atoms with van der Waals surface area (Å²) in [4.78, 5) is 84.7. The van der Waals surface area contributed by atoms with Crippen LogP contribution in [0.15, 0.2) is 12.2 Å². The predicted molar refractivity (Wildman–Crippen MR) is 133 cm³/mol. The van der Waals surface area contributed by atoms with Crippen molar-refractivity contribution < 1.29 is 38.7 Å². The van der Waals surface area contributed by atoms with E-state index in [2.05, 4.69) is 10.6 Å². The van der Waals surface area contributed by atoms with Crippen LogP contribution in [0.1, 0.15) is 72.1 Å². The summed E-state index contributed by atoms with van der Waals surface area (Å²) in [6.07, 6.45) is 3.73. The number of imide groups is 1. The fraction of sp³-hybridized carbons (Fsp3) is 0.640. The van der Waals surface area contributed by atoms with Gasteiger partial charge in [0, 0.05) is 49.4 Å². The number of unbranched alkanes of at least 4 members (excludes halogenated alkanes) is 2. The molecule has 0 aromatic rings. The number of carboxylic acids is 1. The number of rotatable bonds is 17. The lowest BCUT2D eigenvalue weighted by Gasteiger charge is -2.26. The van der Waals surface area contributed by atoms with E-state index in [1.165, 1.54) is 12.2 Å². The van der Waals surface area contributed by atoms with Gasteiger partial charge in [0.15, 0.2) is 5.78 Å². The van der Waals surface area contributed by atoms with E-state index in [0.29, 0.717) is 25.7 Å². The van der Waals surface area contributed by atoms with E-state index in [-0.39, 0.29) is 49.9 Å². The zero-order valence-electron chi connectivity index (χ0n) is 21.7. The van der Waals surface area contributed by atoms with Crippen molar-refractivity contribution in [2.24, 2.45) is 17.1 Å². The highest BCUT2D eigenvalue weighted by molar-refractivity contribution is 6.12. The maximum atomic E-state index is 13.0. The van der Waals surface area contributed by atoms with Crippen molar-refractivity contribution in [3.8, 4) is 0 Å². The zero-order valence-corrected chi connectivity index (χ0v) is 21.7. The third-order valence-electron chi connectivity index (χ3n) is 5.87. The maximum Gasteiger partial charge on any atom is 0.312 e. The van der Waals surface area contributed by atoms with Gasteiger partial charge in [-0.05, 0) is 25.7 Å². The Labute approximate surface area is 216 Å². The molecule has 0 bridgehead atoms. The second-order valence-corrected chi connectivity index (χ2v) is 10.1. The standard InChI is InChI=1S/C25H38N4O8/c1-25(2,3)23(36)16(8-7-12-27-24(26)37)14-18(30)17(15-22(34)35)28-19(31)9-5-4-6-13-29-20(32)10-11-21(29)33/h10-11,16-17H,4-9,12-15H2,1-3H3,(H,28,31)(H,34,35)(H3,26,27,37)/t16-,17+/m1/s1. The Morgan fingerprint density at radius 1 is 0.973 bits per heavy atom. The minimum absolute atomic E-state index is 0.0344. The molecule has 37 heavy (non-hydrogen) atoms. The van der Waals surface area contributed by atoms with Gasteiger partial charge in [0.2, 0.25) is 5.91 Å². The van der Waals surface area contributed by atoms with Gasteiger partial charge in [-0.25, -0.2) is 4.79 Å². The van der Waals surface area contributed by atoms with Gasteiger partial charge < -0.3 is 21.5 Å². The summed E-state index contributed by atoms with van der Waals surface area (Å²) in [5.41, 5.74) is 4.30. The van der Waals surface area contributed by atoms with Gasteiger partial charge in [0.05, 0.1) is 12.5 Å². The number of hydrogen-bond donors (Lipinski definition) is 4. The van der Waals surface area contributed by atoms with Crippen molar-refractivity contribution in [2.75, 3.05) is 13.1 Å². The van der Waals surface area contributed by atoms with Crippen LogP contribution in [0.2, 0.25) is 0 Å². The summed E-state index contributed by atoms with van der Waals surface area (Å²) < 4.78 is 0. The molecule has 1 heterocycles. The number of primary amides is 1. The molecule has 2 atom stereocenters. The summed E-state index contributed by atoms with van der Waals surface area (Å²) in [5.74, 6) is -3.95. The molecule has 0 aromatic heterocycles. The van der Waals surface area contributed by atoms with Gasteiger partial charge in [-0.1, -0.05) is 27.2 Å². The van der Waals surface area contributed by atoms with Crippen LogP contribution in [0.4, 0.5) is 4.79 Å². The molecule has 1 rings (SSSR count). The molecular formula is C25H38N4O8. The van der Waals surface area contributed by atoms with Gasteiger partial charge in [-0.3, -0.25) is 33.7 Å². The van der Waals surface area contributed by atoms with Gasteiger partial charge in [0.1, 0.15) is 5.78 Å². The molecule has 0 spiro atoms. The van der Waals surface area contributed by atoms with Crippen LogP contribution in [-0.2, 0) is 28.8 Å². The third kappa shape index (κ3) is 11.8. The second-order valence-electron chi connectivity index (χ2n) is 10.1. The predicted octanol–water partition coefficient (Wildman–Crippen LogP) is 1.07. The molecule has 12 heteroatoms. The van der Waals surface area contributed by atoms with E-state index in [1.807, 2.05) is 0 Å². The Morgan fingerprint density at radius 3 is 2.14 bits per heavy atom. The summed E-state index contributed by atoms with van der Waals surface area (Å²) in [6.45, 7) is 5.62. The fourth-order valence-electron chi connectivity index (χ4n) is 3.95. The fourth-order valence-corrected chi connectivity index (χ4v) is 3.95. The number of Topliss-reactive ketones (excluding diaryl/α,β-unsaturated/α-hetero) is 2. The Kier molecular flexibility index (Phi) is 12.6. The first kappa shape index (κ1) is 31.5. The summed E-state index contributed by atoms with van der Waals surface area (Å²) in [5, 5.41) is 14.2. The lowest BCUT2D eigenvalue weighted by Crippen LogP contribution is -2.44. The van der Waals surface area contributed by atoms with Crippen molar-refractivity contribution in [2.45, 2.75) is 78.2 Å². The molecule has 0 radical (unpaired) electrons. The van der Waals surface area contributed by atoms with E-state index < -0.39 is 47.5 Å². The van der Waals surface area contributed by atoms with E-state index >= 15 is 0 Å². The molecule has 1 aliphatic heterocycles. The maximum absolute atomic E-state index is 13.0. The number of urea groups is 1. The number of carbonyl (C=O) groups excluding carboxylic acids is 6. The highest BCUT2D eigenvalue weighted by Crippen LogP contribution is 2.26. The molecular weight excluding hydrogens is 484 g/mol. The molecule has 5 N–H and O–H groups in total. The van der Waals surface area contributed by atoms with Crippen molar-refractivity contribution in [3.05, 3.63) is 12.2 Å². The van der Waals surface area contributed by atoms with Crippen LogP contribution in [0.25, 0.3) is 0 Å². The quantitative estimate of drug-likeness (QED) is 0.161. The van der Waals surface area contributed by atoms with Gasteiger partial charge in [0.25, 0.3) is 11.8 Å². The first-order valence-corrected chi connectivity index (χ1v) is 12.4. The number of nitrogens with zero attached hydrogens (tertiary/aromatic N) is 1. The SMILES string of the molecule is CC(C)(C)C(=O)[C@H](CCCNC(N)=O)CC(=O)[C@H](CC(=O)O)NC(=O)CCCCCN1C(=O)C=CC1=O. The Hall–Kier alpha value is -3.57. The smallest absolute Gasteiger partial charge is 0.312 e. The summed E-state index contributed by atoms with van der Waals surface area (Å²) in [7, 11) is 0. The van der Waals surface area contributed by atoms with E-state index in [0.717, 1.165) is 4.90 Å². The highest BCUT2D eigenvalue weighted by atomic mass is 16.4. The molecule has 206 valence electrons. The molecule has 0 aliphatic carbocycles. The molecule has 0 saturated heterocycles. The van der Waals surface area contributed by atoms with Crippen LogP contribution in [0.5, 0.6) is 0 Å². The Balaban J connectivity index is 2.65. The molecule has 0 saturated carbocycles. The van der Waals surface area contributed by atoms with Crippen LogP contribution >= 0.6 is 0 Å². The highest BCUT2D eigenvalue weighted by Gasteiger charge is 2.33. The largest absolute Gasteiger partial charge is 0.481 e. The molecule has 0 unspecified atom stereocenters. The minimum atomic E-state index is -1.28. The number of carbonyl (C=O) groups is 7. The molecule has 1 aliphatic rings. The van der Waals surface area contributed by atoms with E-state index in [1.54, 1.807) is 20.8 Å². The Morgan fingerprint density at radius 2 is 1.59 bits per heavy atom. The normalized spacial score (nSPS) is 14.8. The average molecular weight is 523 g/mol. The van der Waals surface area contributed by atoms with E-state index in [9.17, 15) is 38.7 Å². The lowest BCUT2D eigenvalue weighted by atomic mass is 9.78. The van der Waals surface area contributed by atoms with Crippen molar-refractivity contribution in [1.29, 1.82) is 0 Å². The first-order chi connectivity index (χ1) is 17.2. The molecule has 5 amide bonds. The molecule has 12 nitrogen and oxygen atoms in total. The number of aliphatic carboxylic acids is 1. The topological polar surface area (TPSA) is 193 Å². The van der Waals surface area contributed by atoms with Gasteiger partial charge in [-0.15, -0.1) is 0 Å². The van der Waals surface area contributed by atoms with Crippen molar-refractivity contribution in [1.82, 2.24) is 15.5 Å². The summed E-state index contributed by atoms with van der Waals surface area (Å²) in [6, 6.07) is -1.98. The first-order valence-electron chi connectivity index (χ1n) is 12.4. The number of nitrogens with two attached hydrogens (primary N) is 1. The monoisotopic (exact) mass is 522 g/mol. The Bertz CT molecular complexity index is 904. The minimum Gasteiger partial charge on any atom is -0.481 e. The van der Waals surface area contributed by atoms with Crippen LogP contribution in [0, 0.1) is 11.3 Å². The zero-order chi connectivity index (χ0) is 28.2. The number of nitrogens with one attached hydrogen (secondary N) is 2. The van der Waals surface area contributed by atoms with E-state index in [4.69, 9.17) is 5.73 Å². The van der Waals surface area contributed by atoms with Crippen molar-refractivity contribution >= 4 is 41.3 Å². The van der Waals surface area contributed by atoms with Crippen LogP contribution in [0.3, 0.4) is 0 Å².